The maximum Gasteiger partial charge on any atom is 0.291 e. The topological polar surface area (TPSA) is 59.8 Å². The number of aromatic nitrogens is 3. The van der Waals surface area contributed by atoms with Crippen molar-refractivity contribution < 1.29 is 9.18 Å². The van der Waals surface area contributed by atoms with Crippen LogP contribution in [0.15, 0.2) is 78.9 Å². The van der Waals surface area contributed by atoms with Crippen LogP contribution in [0.1, 0.15) is 21.7 Å². The third-order valence-corrected chi connectivity index (χ3v) is 4.45. The van der Waals surface area contributed by atoms with Crippen molar-refractivity contribution in [1.82, 2.24) is 20.1 Å². The number of rotatable bonds is 5. The first-order chi connectivity index (χ1) is 14.1. The zero-order chi connectivity index (χ0) is 20.2. The quantitative estimate of drug-likeness (QED) is 0.556. The van der Waals surface area contributed by atoms with Crippen LogP contribution in [0.2, 0.25) is 0 Å². The van der Waals surface area contributed by atoms with E-state index in [-0.39, 0.29) is 17.5 Å². The highest BCUT2D eigenvalue weighted by atomic mass is 19.1. The van der Waals surface area contributed by atoms with Crippen molar-refractivity contribution >= 4 is 5.91 Å². The van der Waals surface area contributed by atoms with E-state index in [1.807, 2.05) is 61.5 Å². The molecule has 0 aliphatic heterocycles. The molecule has 0 atom stereocenters. The molecule has 4 aromatic rings. The SMILES string of the molecule is Cc1cccc(-c2nc(C(=O)NCc3ccccc3)nn2-c2ccc(F)cc2)c1. The van der Waals surface area contributed by atoms with Gasteiger partial charge in [-0.25, -0.2) is 14.1 Å². The van der Waals surface area contributed by atoms with Crippen LogP contribution < -0.4 is 5.32 Å². The predicted molar refractivity (Wildman–Crippen MR) is 109 cm³/mol. The van der Waals surface area contributed by atoms with Crippen molar-refractivity contribution in [2.75, 3.05) is 0 Å². The Bertz CT molecular complexity index is 1140. The van der Waals surface area contributed by atoms with Crippen LogP contribution in [0, 0.1) is 12.7 Å². The average Bonchev–Trinajstić information content (AvgIpc) is 3.19. The van der Waals surface area contributed by atoms with Crippen molar-refractivity contribution in [3.8, 4) is 17.1 Å². The maximum atomic E-state index is 13.4. The first-order valence-corrected chi connectivity index (χ1v) is 9.22. The molecule has 1 aromatic heterocycles. The van der Waals surface area contributed by atoms with Crippen molar-refractivity contribution in [3.63, 3.8) is 0 Å². The smallest absolute Gasteiger partial charge is 0.291 e. The minimum atomic E-state index is -0.372. The summed E-state index contributed by atoms with van der Waals surface area (Å²) in [5.41, 5.74) is 3.49. The second-order valence-electron chi connectivity index (χ2n) is 6.68. The van der Waals surface area contributed by atoms with Gasteiger partial charge in [0, 0.05) is 12.1 Å². The van der Waals surface area contributed by atoms with Crippen LogP contribution in [0.3, 0.4) is 0 Å². The van der Waals surface area contributed by atoms with Gasteiger partial charge in [-0.15, -0.1) is 5.10 Å². The summed E-state index contributed by atoms with van der Waals surface area (Å²) in [6.07, 6.45) is 0. The number of nitrogens with zero attached hydrogens (tertiary/aromatic N) is 3. The molecular weight excluding hydrogens is 367 g/mol. The number of amides is 1. The number of hydrogen-bond acceptors (Lipinski definition) is 3. The van der Waals surface area contributed by atoms with E-state index < -0.39 is 0 Å². The van der Waals surface area contributed by atoms with Crippen LogP contribution in [-0.4, -0.2) is 20.7 Å². The zero-order valence-electron chi connectivity index (χ0n) is 15.8. The fraction of sp³-hybridized carbons (Fsp3) is 0.0870. The van der Waals surface area contributed by atoms with Crippen LogP contribution in [0.25, 0.3) is 17.1 Å². The Balaban J connectivity index is 1.69. The molecule has 0 unspecified atom stereocenters. The standard InChI is InChI=1S/C23H19FN4O/c1-16-6-5-9-18(14-16)22-26-21(23(29)25-15-17-7-3-2-4-8-17)27-28(22)20-12-10-19(24)11-13-20/h2-14H,15H2,1H3,(H,25,29). The molecule has 0 saturated carbocycles. The molecule has 1 amide bonds. The zero-order valence-corrected chi connectivity index (χ0v) is 15.8. The fourth-order valence-electron chi connectivity index (χ4n) is 3.00. The molecule has 144 valence electrons. The molecule has 4 rings (SSSR count). The number of carbonyl (C=O) groups excluding carboxylic acids is 1. The third-order valence-electron chi connectivity index (χ3n) is 4.45. The number of halogens is 1. The van der Waals surface area contributed by atoms with Gasteiger partial charge in [0.1, 0.15) is 5.82 Å². The summed E-state index contributed by atoms with van der Waals surface area (Å²) >= 11 is 0. The Hall–Kier alpha value is -3.80. The van der Waals surface area contributed by atoms with Gasteiger partial charge in [-0.05, 0) is 42.8 Å². The van der Waals surface area contributed by atoms with Gasteiger partial charge in [0.05, 0.1) is 5.69 Å². The molecule has 3 aromatic carbocycles. The Kier molecular flexibility index (Phi) is 5.16. The van der Waals surface area contributed by atoms with Gasteiger partial charge < -0.3 is 5.32 Å². The highest BCUT2D eigenvalue weighted by Crippen LogP contribution is 2.22. The van der Waals surface area contributed by atoms with E-state index in [0.717, 1.165) is 16.7 Å². The second-order valence-corrected chi connectivity index (χ2v) is 6.68. The van der Waals surface area contributed by atoms with Crippen LogP contribution in [0.4, 0.5) is 4.39 Å². The van der Waals surface area contributed by atoms with E-state index in [9.17, 15) is 9.18 Å². The Labute approximate surface area is 167 Å². The molecule has 1 heterocycles. The summed E-state index contributed by atoms with van der Waals surface area (Å²) in [6, 6.07) is 23.3. The molecule has 0 spiro atoms. The largest absolute Gasteiger partial charge is 0.345 e. The van der Waals surface area contributed by atoms with Crippen molar-refractivity contribution in [2.45, 2.75) is 13.5 Å². The van der Waals surface area contributed by atoms with E-state index in [1.165, 1.54) is 12.1 Å². The van der Waals surface area contributed by atoms with Gasteiger partial charge in [-0.1, -0.05) is 54.1 Å². The molecule has 0 fully saturated rings. The summed E-state index contributed by atoms with van der Waals surface area (Å²) in [5, 5.41) is 7.24. The minimum Gasteiger partial charge on any atom is -0.345 e. The Morgan fingerprint density at radius 2 is 1.76 bits per heavy atom. The number of hydrogen-bond donors (Lipinski definition) is 1. The van der Waals surface area contributed by atoms with E-state index in [4.69, 9.17) is 0 Å². The molecule has 1 N–H and O–H groups in total. The first-order valence-electron chi connectivity index (χ1n) is 9.22. The maximum absolute atomic E-state index is 13.4. The summed E-state index contributed by atoms with van der Waals surface area (Å²) in [7, 11) is 0. The van der Waals surface area contributed by atoms with E-state index in [1.54, 1.807) is 16.8 Å². The Morgan fingerprint density at radius 3 is 2.48 bits per heavy atom. The molecule has 0 saturated heterocycles. The van der Waals surface area contributed by atoms with E-state index in [2.05, 4.69) is 15.4 Å². The van der Waals surface area contributed by atoms with Crippen LogP contribution >= 0.6 is 0 Å². The van der Waals surface area contributed by atoms with Crippen molar-refractivity contribution in [3.05, 3.63) is 102 Å². The van der Waals surface area contributed by atoms with Gasteiger partial charge in [-0.3, -0.25) is 4.79 Å². The average molecular weight is 386 g/mol. The third kappa shape index (κ3) is 4.21. The first kappa shape index (κ1) is 18.6. The summed E-state index contributed by atoms with van der Waals surface area (Å²) in [6.45, 7) is 2.36. The molecule has 0 bridgehead atoms. The highest BCUT2D eigenvalue weighted by Gasteiger charge is 2.19. The van der Waals surface area contributed by atoms with Crippen molar-refractivity contribution in [2.24, 2.45) is 0 Å². The number of nitrogens with one attached hydrogen (secondary N) is 1. The van der Waals surface area contributed by atoms with E-state index in [0.29, 0.717) is 18.1 Å². The summed E-state index contributed by atoms with van der Waals surface area (Å²) < 4.78 is 14.9. The normalized spacial score (nSPS) is 10.7. The summed E-state index contributed by atoms with van der Waals surface area (Å²) in [4.78, 5) is 17.1. The monoisotopic (exact) mass is 386 g/mol. The molecular formula is C23H19FN4O. The molecule has 6 heteroatoms. The van der Waals surface area contributed by atoms with Gasteiger partial charge in [0.2, 0.25) is 5.82 Å². The lowest BCUT2D eigenvalue weighted by molar-refractivity contribution is 0.0940. The molecule has 0 aliphatic rings. The second kappa shape index (κ2) is 8.06. The number of aryl methyl sites for hydroxylation is 1. The van der Waals surface area contributed by atoms with Gasteiger partial charge in [-0.2, -0.15) is 0 Å². The van der Waals surface area contributed by atoms with Crippen LogP contribution in [-0.2, 0) is 6.54 Å². The van der Waals surface area contributed by atoms with Gasteiger partial charge >= 0.3 is 0 Å². The number of carbonyl (C=O) groups is 1. The predicted octanol–water partition coefficient (Wildman–Crippen LogP) is 4.31. The van der Waals surface area contributed by atoms with E-state index >= 15 is 0 Å². The molecule has 5 nitrogen and oxygen atoms in total. The van der Waals surface area contributed by atoms with Crippen molar-refractivity contribution in [1.29, 1.82) is 0 Å². The highest BCUT2D eigenvalue weighted by molar-refractivity contribution is 5.91. The molecule has 29 heavy (non-hydrogen) atoms. The molecule has 0 radical (unpaired) electrons. The number of benzene rings is 3. The fourth-order valence-corrected chi connectivity index (χ4v) is 3.00. The Morgan fingerprint density at radius 1 is 1.00 bits per heavy atom. The lowest BCUT2D eigenvalue weighted by atomic mass is 10.1. The molecule has 0 aliphatic carbocycles. The van der Waals surface area contributed by atoms with Gasteiger partial charge in [0.25, 0.3) is 5.91 Å². The summed E-state index contributed by atoms with van der Waals surface area (Å²) in [5.74, 6) is -0.137. The van der Waals surface area contributed by atoms with Crippen LogP contribution in [0.5, 0.6) is 0 Å². The lowest BCUT2D eigenvalue weighted by Gasteiger charge is -2.06. The van der Waals surface area contributed by atoms with Gasteiger partial charge in [0.15, 0.2) is 5.82 Å². The minimum absolute atomic E-state index is 0.0572. The lowest BCUT2D eigenvalue weighted by Crippen LogP contribution is -2.24.